The van der Waals surface area contributed by atoms with Crippen LogP contribution in [0.25, 0.3) is 0 Å². The number of amides is 2. The zero-order valence-electron chi connectivity index (χ0n) is 19.0. The summed E-state index contributed by atoms with van der Waals surface area (Å²) in [5.74, 6) is -0.269. The van der Waals surface area contributed by atoms with E-state index in [0.29, 0.717) is 39.3 Å². The van der Waals surface area contributed by atoms with Gasteiger partial charge in [0.1, 0.15) is 11.5 Å². The van der Waals surface area contributed by atoms with Crippen LogP contribution in [0, 0.1) is 0 Å². The van der Waals surface area contributed by atoms with Crippen LogP contribution in [0.5, 0.6) is 11.5 Å². The lowest BCUT2D eigenvalue weighted by atomic mass is 10.2. The highest BCUT2D eigenvalue weighted by Gasteiger charge is 2.12. The Bertz CT molecular complexity index is 1190. The van der Waals surface area contributed by atoms with E-state index in [2.05, 4.69) is 31.8 Å². The fraction of sp³-hybridized carbons (Fsp3) is 0.154. The lowest BCUT2D eigenvalue weighted by Crippen LogP contribution is -2.34. The molecule has 0 unspecified atom stereocenters. The normalized spacial score (nSPS) is 10.6. The highest BCUT2D eigenvalue weighted by molar-refractivity contribution is 9.10. The smallest absolute Gasteiger partial charge is 0.344 e. The van der Waals surface area contributed by atoms with Crippen LogP contribution in [0.3, 0.4) is 0 Å². The summed E-state index contributed by atoms with van der Waals surface area (Å²) in [6.07, 6.45) is 2.34. The van der Waals surface area contributed by atoms with Crippen LogP contribution in [-0.2, 0) is 4.79 Å². The molecule has 0 aromatic heterocycles. The first kappa shape index (κ1) is 25.6. The topological polar surface area (TPSA) is 106 Å². The first-order chi connectivity index (χ1) is 17.0. The molecule has 3 aromatic carbocycles. The lowest BCUT2D eigenvalue weighted by molar-refractivity contribution is -0.120. The zero-order chi connectivity index (χ0) is 25.0. The van der Waals surface area contributed by atoms with Gasteiger partial charge < -0.3 is 14.8 Å². The molecule has 180 valence electrons. The van der Waals surface area contributed by atoms with Crippen LogP contribution in [-0.4, -0.2) is 37.1 Å². The second kappa shape index (κ2) is 13.0. The molecule has 0 spiro atoms. The fourth-order valence-electron chi connectivity index (χ4n) is 2.81. The molecule has 0 fully saturated rings. The summed E-state index contributed by atoms with van der Waals surface area (Å²) in [5.41, 5.74) is 3.87. The molecule has 0 aliphatic rings. The zero-order valence-corrected chi connectivity index (χ0v) is 20.6. The monoisotopic (exact) mass is 537 g/mol. The molecule has 9 heteroatoms. The van der Waals surface area contributed by atoms with Gasteiger partial charge in [0.15, 0.2) is 0 Å². The van der Waals surface area contributed by atoms with E-state index in [1.54, 1.807) is 66.7 Å². The minimum absolute atomic E-state index is 0.228. The molecule has 2 N–H and O–H groups in total. The number of carbonyl (C=O) groups excluding carboxylic acids is 3. The Kier molecular flexibility index (Phi) is 9.56. The molecular weight excluding hydrogens is 514 g/mol. The maximum Gasteiger partial charge on any atom is 0.344 e. The van der Waals surface area contributed by atoms with Crippen molar-refractivity contribution in [3.63, 3.8) is 0 Å². The van der Waals surface area contributed by atoms with E-state index in [4.69, 9.17) is 9.47 Å². The molecule has 0 aliphatic heterocycles. The molecule has 0 radical (unpaired) electrons. The standard InChI is InChI=1S/C26H24BrN3O5/c1-2-15-34-20-13-9-19(10-14-20)25(32)28-17-24(31)30-29-16-18-7-11-21(12-8-18)35-26(33)22-5-3-4-6-23(22)27/h3-14,16H,2,15,17H2,1H3,(H,28,32)(H,30,31). The van der Waals surface area contributed by atoms with Crippen molar-refractivity contribution in [2.24, 2.45) is 5.10 Å². The third-order valence-electron chi connectivity index (χ3n) is 4.59. The van der Waals surface area contributed by atoms with Crippen molar-refractivity contribution in [1.29, 1.82) is 0 Å². The molecular formula is C26H24BrN3O5. The van der Waals surface area contributed by atoms with Crippen molar-refractivity contribution in [2.75, 3.05) is 13.2 Å². The van der Waals surface area contributed by atoms with Gasteiger partial charge >= 0.3 is 5.97 Å². The maximum absolute atomic E-state index is 12.3. The molecule has 0 heterocycles. The highest BCUT2D eigenvalue weighted by Crippen LogP contribution is 2.19. The van der Waals surface area contributed by atoms with Crippen molar-refractivity contribution in [1.82, 2.24) is 10.7 Å². The Labute approximate surface area is 211 Å². The molecule has 0 atom stereocenters. The average Bonchev–Trinajstić information content (AvgIpc) is 2.87. The van der Waals surface area contributed by atoms with E-state index >= 15 is 0 Å². The van der Waals surface area contributed by atoms with Gasteiger partial charge in [0.05, 0.1) is 24.9 Å². The van der Waals surface area contributed by atoms with E-state index in [1.807, 2.05) is 13.0 Å². The number of nitrogens with zero attached hydrogens (tertiary/aromatic N) is 1. The van der Waals surface area contributed by atoms with E-state index in [0.717, 1.165) is 6.42 Å². The number of esters is 1. The van der Waals surface area contributed by atoms with Crippen LogP contribution in [0.2, 0.25) is 0 Å². The summed E-state index contributed by atoms with van der Waals surface area (Å²) in [6.45, 7) is 2.39. The first-order valence-corrected chi connectivity index (χ1v) is 11.7. The Morgan fingerprint density at radius 2 is 1.63 bits per heavy atom. The average molecular weight is 538 g/mol. The van der Waals surface area contributed by atoms with Crippen molar-refractivity contribution >= 4 is 39.9 Å². The van der Waals surface area contributed by atoms with Crippen LogP contribution in [0.1, 0.15) is 39.6 Å². The van der Waals surface area contributed by atoms with Gasteiger partial charge in [-0.05, 0) is 88.6 Å². The van der Waals surface area contributed by atoms with E-state index in [-0.39, 0.29) is 12.5 Å². The Morgan fingerprint density at radius 1 is 0.943 bits per heavy atom. The van der Waals surface area contributed by atoms with Crippen molar-refractivity contribution in [3.8, 4) is 11.5 Å². The Morgan fingerprint density at radius 3 is 2.31 bits per heavy atom. The van der Waals surface area contributed by atoms with Gasteiger partial charge in [-0.3, -0.25) is 9.59 Å². The first-order valence-electron chi connectivity index (χ1n) is 10.9. The Balaban J connectivity index is 1.42. The Hall–Kier alpha value is -3.98. The van der Waals surface area contributed by atoms with Crippen molar-refractivity contribution in [3.05, 3.63) is 94.0 Å². The molecule has 0 aliphatic carbocycles. The van der Waals surface area contributed by atoms with Crippen molar-refractivity contribution in [2.45, 2.75) is 13.3 Å². The molecule has 3 rings (SSSR count). The number of hydrazone groups is 1. The van der Waals surface area contributed by atoms with E-state index in [1.165, 1.54) is 6.21 Å². The van der Waals surface area contributed by atoms with Crippen LogP contribution < -0.4 is 20.2 Å². The quantitative estimate of drug-likeness (QED) is 0.173. The number of rotatable bonds is 10. The largest absolute Gasteiger partial charge is 0.494 e. The molecule has 0 saturated heterocycles. The molecule has 0 saturated carbocycles. The minimum atomic E-state index is -0.478. The SMILES string of the molecule is CCCOc1ccc(C(=O)NCC(=O)NN=Cc2ccc(OC(=O)c3ccccc3Br)cc2)cc1. The van der Waals surface area contributed by atoms with Gasteiger partial charge in [0, 0.05) is 10.0 Å². The van der Waals surface area contributed by atoms with Gasteiger partial charge in [0.25, 0.3) is 11.8 Å². The van der Waals surface area contributed by atoms with Crippen LogP contribution in [0.4, 0.5) is 0 Å². The number of hydrogen-bond acceptors (Lipinski definition) is 6. The maximum atomic E-state index is 12.3. The lowest BCUT2D eigenvalue weighted by Gasteiger charge is -2.07. The molecule has 3 aromatic rings. The number of ether oxygens (including phenoxy) is 2. The van der Waals surface area contributed by atoms with E-state index in [9.17, 15) is 14.4 Å². The number of carbonyl (C=O) groups is 3. The van der Waals surface area contributed by atoms with Gasteiger partial charge in [0.2, 0.25) is 0 Å². The second-order valence-electron chi connectivity index (χ2n) is 7.29. The number of halogens is 1. The summed E-state index contributed by atoms with van der Waals surface area (Å²) in [5, 5.41) is 6.41. The van der Waals surface area contributed by atoms with Crippen LogP contribution >= 0.6 is 15.9 Å². The summed E-state index contributed by atoms with van der Waals surface area (Å²) < 4.78 is 11.5. The molecule has 2 amide bonds. The number of nitrogens with one attached hydrogen (secondary N) is 2. The predicted molar refractivity (Wildman–Crippen MR) is 136 cm³/mol. The fourth-order valence-corrected chi connectivity index (χ4v) is 3.26. The summed E-state index contributed by atoms with van der Waals surface area (Å²) in [7, 11) is 0. The van der Waals surface area contributed by atoms with Gasteiger partial charge in [-0.25, -0.2) is 10.2 Å². The molecule has 8 nitrogen and oxygen atoms in total. The predicted octanol–water partition coefficient (Wildman–Crippen LogP) is 4.34. The van der Waals surface area contributed by atoms with E-state index < -0.39 is 11.9 Å². The number of hydrogen-bond donors (Lipinski definition) is 2. The van der Waals surface area contributed by atoms with Gasteiger partial charge in [-0.15, -0.1) is 0 Å². The van der Waals surface area contributed by atoms with Crippen molar-refractivity contribution < 1.29 is 23.9 Å². The van der Waals surface area contributed by atoms with Gasteiger partial charge in [-0.1, -0.05) is 19.1 Å². The molecule has 35 heavy (non-hydrogen) atoms. The molecule has 0 bridgehead atoms. The third-order valence-corrected chi connectivity index (χ3v) is 5.28. The summed E-state index contributed by atoms with van der Waals surface area (Å²) in [6, 6.07) is 20.3. The summed E-state index contributed by atoms with van der Waals surface area (Å²) in [4.78, 5) is 36.4. The van der Waals surface area contributed by atoms with Crippen LogP contribution in [0.15, 0.2) is 82.4 Å². The van der Waals surface area contributed by atoms with Gasteiger partial charge in [-0.2, -0.15) is 5.10 Å². The minimum Gasteiger partial charge on any atom is -0.494 e. The highest BCUT2D eigenvalue weighted by atomic mass is 79.9. The summed E-state index contributed by atoms with van der Waals surface area (Å²) >= 11 is 3.32. The third kappa shape index (κ3) is 8.08. The second-order valence-corrected chi connectivity index (χ2v) is 8.14. The number of benzene rings is 3.